The molecule has 0 bridgehead atoms. The predicted octanol–water partition coefficient (Wildman–Crippen LogP) is 4.17. The van der Waals surface area contributed by atoms with E-state index in [1.54, 1.807) is 23.6 Å². The molecular formula is C23H30N2O2S. The highest BCUT2D eigenvalue weighted by molar-refractivity contribution is 7.99. The molecule has 0 spiro atoms. The van der Waals surface area contributed by atoms with Gasteiger partial charge in [-0.2, -0.15) is 0 Å². The number of aryl methyl sites for hydroxylation is 1. The number of carbonyl (C=O) groups is 2. The van der Waals surface area contributed by atoms with E-state index in [1.165, 1.54) is 11.1 Å². The molecule has 2 rings (SSSR count). The van der Waals surface area contributed by atoms with Crippen LogP contribution < -0.4 is 5.32 Å². The quantitative estimate of drug-likeness (QED) is 0.690. The zero-order valence-electron chi connectivity index (χ0n) is 17.1. The smallest absolute Gasteiger partial charge is 0.242 e. The van der Waals surface area contributed by atoms with Crippen LogP contribution in [0, 0.1) is 6.92 Å². The van der Waals surface area contributed by atoms with E-state index in [9.17, 15) is 9.59 Å². The number of nitrogens with zero attached hydrogens (tertiary/aromatic N) is 1. The predicted molar refractivity (Wildman–Crippen MR) is 117 cm³/mol. The molecule has 0 fully saturated rings. The largest absolute Gasteiger partial charge is 0.352 e. The van der Waals surface area contributed by atoms with Gasteiger partial charge in [-0.3, -0.25) is 9.59 Å². The highest BCUT2D eigenvalue weighted by atomic mass is 32.2. The molecule has 0 aliphatic carbocycles. The molecule has 5 heteroatoms. The molecule has 0 saturated carbocycles. The van der Waals surface area contributed by atoms with Crippen molar-refractivity contribution in [3.05, 3.63) is 71.3 Å². The summed E-state index contributed by atoms with van der Waals surface area (Å²) in [5.41, 5.74) is 3.48. The highest BCUT2D eigenvalue weighted by Gasteiger charge is 2.26. The van der Waals surface area contributed by atoms with Crippen LogP contribution in [0.1, 0.15) is 37.5 Å². The third-order valence-electron chi connectivity index (χ3n) is 4.54. The van der Waals surface area contributed by atoms with E-state index in [0.717, 1.165) is 11.3 Å². The molecule has 150 valence electrons. The molecule has 2 aromatic carbocycles. The number of benzene rings is 2. The molecule has 2 aromatic rings. The van der Waals surface area contributed by atoms with Gasteiger partial charge in [-0.1, -0.05) is 54.6 Å². The summed E-state index contributed by atoms with van der Waals surface area (Å²) in [6.45, 7) is 8.15. The van der Waals surface area contributed by atoms with Crippen molar-refractivity contribution in [3.63, 3.8) is 0 Å². The Morgan fingerprint density at radius 3 is 2.29 bits per heavy atom. The minimum absolute atomic E-state index is 0.0196. The van der Waals surface area contributed by atoms with Gasteiger partial charge in [0.2, 0.25) is 11.8 Å². The van der Waals surface area contributed by atoms with Gasteiger partial charge in [-0.05, 0) is 44.4 Å². The lowest BCUT2D eigenvalue weighted by Crippen LogP contribution is -2.49. The molecule has 0 unspecified atom stereocenters. The average molecular weight is 399 g/mol. The average Bonchev–Trinajstić information content (AvgIpc) is 2.67. The summed E-state index contributed by atoms with van der Waals surface area (Å²) in [7, 11) is 0. The summed E-state index contributed by atoms with van der Waals surface area (Å²) in [5, 5.41) is 2.91. The zero-order valence-corrected chi connectivity index (χ0v) is 18.0. The number of thioether (sulfide) groups is 1. The van der Waals surface area contributed by atoms with Gasteiger partial charge in [-0.25, -0.2) is 0 Å². The van der Waals surface area contributed by atoms with Crippen LogP contribution in [0.3, 0.4) is 0 Å². The minimum Gasteiger partial charge on any atom is -0.352 e. The number of rotatable bonds is 9. The van der Waals surface area contributed by atoms with Crippen LogP contribution in [0.4, 0.5) is 0 Å². The maximum Gasteiger partial charge on any atom is 0.242 e. The van der Waals surface area contributed by atoms with Gasteiger partial charge in [0.15, 0.2) is 0 Å². The van der Waals surface area contributed by atoms with Crippen LogP contribution >= 0.6 is 11.8 Å². The number of hydrogen-bond donors (Lipinski definition) is 1. The molecule has 0 aliphatic heterocycles. The number of amides is 2. The number of nitrogens with one attached hydrogen (secondary N) is 1. The van der Waals surface area contributed by atoms with Gasteiger partial charge >= 0.3 is 0 Å². The third-order valence-corrected chi connectivity index (χ3v) is 5.50. The molecule has 0 aliphatic rings. The summed E-state index contributed by atoms with van der Waals surface area (Å²) in [6.07, 6.45) is 0. The maximum absolute atomic E-state index is 13.0. The Bertz CT molecular complexity index is 777. The van der Waals surface area contributed by atoms with E-state index in [0.29, 0.717) is 12.3 Å². The molecule has 0 heterocycles. The molecule has 0 saturated heterocycles. The molecular weight excluding hydrogens is 368 g/mol. The second kappa shape index (κ2) is 10.9. The first-order valence-corrected chi connectivity index (χ1v) is 10.8. The second-order valence-corrected chi connectivity index (χ2v) is 8.25. The van der Waals surface area contributed by atoms with E-state index in [-0.39, 0.29) is 17.9 Å². The van der Waals surface area contributed by atoms with E-state index < -0.39 is 6.04 Å². The van der Waals surface area contributed by atoms with Crippen molar-refractivity contribution >= 4 is 23.6 Å². The Morgan fingerprint density at radius 1 is 1.00 bits per heavy atom. The van der Waals surface area contributed by atoms with Crippen LogP contribution in [-0.2, 0) is 21.9 Å². The summed E-state index contributed by atoms with van der Waals surface area (Å²) >= 11 is 1.59. The Balaban J connectivity index is 2.05. The minimum atomic E-state index is -0.519. The molecule has 1 N–H and O–H groups in total. The van der Waals surface area contributed by atoms with Crippen molar-refractivity contribution in [2.75, 3.05) is 5.75 Å². The Labute approximate surface area is 172 Å². The molecule has 1 atom stereocenters. The first kappa shape index (κ1) is 22.0. The fourth-order valence-corrected chi connectivity index (χ4v) is 3.86. The molecule has 4 nitrogen and oxygen atoms in total. The lowest BCUT2D eigenvalue weighted by atomic mass is 10.1. The van der Waals surface area contributed by atoms with Crippen LogP contribution in [0.25, 0.3) is 0 Å². The molecule has 2 amide bonds. The van der Waals surface area contributed by atoms with Crippen LogP contribution in [0.2, 0.25) is 0 Å². The molecule has 0 radical (unpaired) electrons. The second-order valence-electron chi connectivity index (χ2n) is 7.27. The van der Waals surface area contributed by atoms with Gasteiger partial charge in [-0.15, -0.1) is 11.8 Å². The van der Waals surface area contributed by atoms with Crippen LogP contribution in [-0.4, -0.2) is 34.6 Å². The fraction of sp³-hybridized carbons (Fsp3) is 0.391. The maximum atomic E-state index is 13.0. The SMILES string of the molecule is Cc1ccccc1CSCC(=O)N(Cc1ccccc1)[C@@H](C)C(=O)NC(C)C. The van der Waals surface area contributed by atoms with Crippen molar-refractivity contribution in [2.45, 2.75) is 52.1 Å². The topological polar surface area (TPSA) is 49.4 Å². The monoisotopic (exact) mass is 398 g/mol. The molecule has 0 aromatic heterocycles. The summed E-state index contributed by atoms with van der Waals surface area (Å²) in [4.78, 5) is 27.2. The van der Waals surface area contributed by atoms with E-state index in [2.05, 4.69) is 24.4 Å². The Hall–Kier alpha value is -2.27. The number of carbonyl (C=O) groups excluding carboxylic acids is 2. The van der Waals surface area contributed by atoms with Crippen LogP contribution in [0.15, 0.2) is 54.6 Å². The standard InChI is InChI=1S/C23H30N2O2S/c1-17(2)24-23(27)19(4)25(14-20-11-6-5-7-12-20)22(26)16-28-15-21-13-9-8-10-18(21)3/h5-13,17,19H,14-16H2,1-4H3,(H,24,27)/t19-/m0/s1. The third kappa shape index (κ3) is 6.71. The van der Waals surface area contributed by atoms with Gasteiger partial charge in [0.1, 0.15) is 6.04 Å². The first-order chi connectivity index (χ1) is 13.4. The van der Waals surface area contributed by atoms with Gasteiger partial charge in [0, 0.05) is 18.3 Å². The van der Waals surface area contributed by atoms with Crippen molar-refractivity contribution in [1.29, 1.82) is 0 Å². The van der Waals surface area contributed by atoms with Crippen molar-refractivity contribution < 1.29 is 9.59 Å². The fourth-order valence-electron chi connectivity index (χ4n) is 2.87. The van der Waals surface area contributed by atoms with Gasteiger partial charge in [0.05, 0.1) is 5.75 Å². The number of hydrogen-bond acceptors (Lipinski definition) is 3. The zero-order chi connectivity index (χ0) is 20.5. The lowest BCUT2D eigenvalue weighted by molar-refractivity contribution is -0.138. The summed E-state index contributed by atoms with van der Waals surface area (Å²) in [6, 6.07) is 17.5. The highest BCUT2D eigenvalue weighted by Crippen LogP contribution is 2.18. The normalized spacial score (nSPS) is 11.9. The van der Waals surface area contributed by atoms with Gasteiger partial charge in [0.25, 0.3) is 0 Å². The lowest BCUT2D eigenvalue weighted by Gasteiger charge is -2.29. The van der Waals surface area contributed by atoms with Gasteiger partial charge < -0.3 is 10.2 Å². The molecule has 28 heavy (non-hydrogen) atoms. The Kier molecular flexibility index (Phi) is 8.58. The Morgan fingerprint density at radius 2 is 1.64 bits per heavy atom. The van der Waals surface area contributed by atoms with Crippen LogP contribution in [0.5, 0.6) is 0 Å². The van der Waals surface area contributed by atoms with E-state index >= 15 is 0 Å². The first-order valence-electron chi connectivity index (χ1n) is 9.64. The van der Waals surface area contributed by atoms with E-state index in [1.807, 2.05) is 56.3 Å². The van der Waals surface area contributed by atoms with Crippen molar-refractivity contribution in [1.82, 2.24) is 10.2 Å². The summed E-state index contributed by atoms with van der Waals surface area (Å²) in [5.74, 6) is 0.988. The van der Waals surface area contributed by atoms with Crippen molar-refractivity contribution in [2.24, 2.45) is 0 Å². The van der Waals surface area contributed by atoms with Crippen molar-refractivity contribution in [3.8, 4) is 0 Å². The summed E-state index contributed by atoms with van der Waals surface area (Å²) < 4.78 is 0. The van der Waals surface area contributed by atoms with E-state index in [4.69, 9.17) is 0 Å².